The van der Waals surface area contributed by atoms with E-state index in [0.29, 0.717) is 11.9 Å². The maximum absolute atomic E-state index is 12.5. The molecule has 1 saturated heterocycles. The summed E-state index contributed by atoms with van der Waals surface area (Å²) in [5.74, 6) is 1.67. The quantitative estimate of drug-likeness (QED) is 0.498. The van der Waals surface area contributed by atoms with Crippen LogP contribution in [0.4, 0.5) is 0 Å². The summed E-state index contributed by atoms with van der Waals surface area (Å²) < 4.78 is 0. The Kier molecular flexibility index (Phi) is 6.13. The van der Waals surface area contributed by atoms with Crippen LogP contribution in [-0.2, 0) is 11.3 Å². The minimum Gasteiger partial charge on any atom is -0.335 e. The number of benzene rings is 1. The van der Waals surface area contributed by atoms with Crippen LogP contribution in [0.25, 0.3) is 0 Å². The van der Waals surface area contributed by atoms with E-state index in [-0.39, 0.29) is 0 Å². The number of amides is 1. The van der Waals surface area contributed by atoms with E-state index >= 15 is 0 Å². The molecule has 1 atom stereocenters. The van der Waals surface area contributed by atoms with Gasteiger partial charge in [0.05, 0.1) is 0 Å². The van der Waals surface area contributed by atoms with E-state index in [1.54, 1.807) is 0 Å². The van der Waals surface area contributed by atoms with Gasteiger partial charge in [-0.15, -0.1) is 0 Å². The summed E-state index contributed by atoms with van der Waals surface area (Å²) >= 11 is 0. The van der Waals surface area contributed by atoms with Crippen molar-refractivity contribution in [2.75, 3.05) is 5.75 Å². The fourth-order valence-electron chi connectivity index (χ4n) is 2.94. The highest BCUT2D eigenvalue weighted by molar-refractivity contribution is 8.77. The molecule has 1 aromatic carbocycles. The molecule has 1 aromatic rings. The Balaban J connectivity index is 1.42. The second-order valence-electron chi connectivity index (χ2n) is 6.31. The van der Waals surface area contributed by atoms with Gasteiger partial charge in [-0.2, -0.15) is 0 Å². The molecule has 1 amide bonds. The Hall–Kier alpha value is -0.610. The summed E-state index contributed by atoms with van der Waals surface area (Å²) in [4.78, 5) is 14.7. The van der Waals surface area contributed by atoms with Crippen LogP contribution in [0.15, 0.2) is 30.3 Å². The number of hydrogen-bond acceptors (Lipinski definition) is 3. The molecule has 4 heteroatoms. The lowest BCUT2D eigenvalue weighted by atomic mass is 10.1. The largest absolute Gasteiger partial charge is 0.335 e. The lowest BCUT2D eigenvalue weighted by Crippen LogP contribution is -2.32. The van der Waals surface area contributed by atoms with Crippen LogP contribution in [0.3, 0.4) is 0 Å². The minimum atomic E-state index is 0.361. The molecule has 2 nitrogen and oxygen atoms in total. The van der Waals surface area contributed by atoms with E-state index < -0.39 is 0 Å². The van der Waals surface area contributed by atoms with Crippen LogP contribution >= 0.6 is 21.6 Å². The zero-order chi connectivity index (χ0) is 15.2. The van der Waals surface area contributed by atoms with E-state index in [4.69, 9.17) is 0 Å². The highest BCUT2D eigenvalue weighted by Gasteiger charge is 2.32. The molecular formula is C18H25NOS2. The molecule has 1 aliphatic heterocycles. The zero-order valence-corrected chi connectivity index (χ0v) is 14.7. The van der Waals surface area contributed by atoms with Crippen molar-refractivity contribution in [1.82, 2.24) is 4.90 Å². The molecule has 1 heterocycles. The van der Waals surface area contributed by atoms with Gasteiger partial charge in [-0.1, -0.05) is 58.3 Å². The van der Waals surface area contributed by atoms with E-state index in [1.807, 2.05) is 27.7 Å². The van der Waals surface area contributed by atoms with Gasteiger partial charge >= 0.3 is 0 Å². The monoisotopic (exact) mass is 335 g/mol. The van der Waals surface area contributed by atoms with Gasteiger partial charge in [0.2, 0.25) is 5.91 Å². The van der Waals surface area contributed by atoms with Crippen LogP contribution in [0, 0.1) is 0 Å². The van der Waals surface area contributed by atoms with Crippen LogP contribution in [0.2, 0.25) is 0 Å². The molecule has 22 heavy (non-hydrogen) atoms. The van der Waals surface area contributed by atoms with E-state index in [2.05, 4.69) is 29.2 Å². The third kappa shape index (κ3) is 4.95. The molecule has 1 unspecified atom stereocenters. The smallest absolute Gasteiger partial charge is 0.223 e. The maximum atomic E-state index is 12.5. The number of carbonyl (C=O) groups is 1. The van der Waals surface area contributed by atoms with Gasteiger partial charge < -0.3 is 4.90 Å². The first-order valence-electron chi connectivity index (χ1n) is 8.44. The maximum Gasteiger partial charge on any atom is 0.223 e. The molecule has 0 spiro atoms. The number of hydrogen-bond donors (Lipinski definition) is 0. The summed E-state index contributed by atoms with van der Waals surface area (Å²) in [5.41, 5.74) is 1.25. The van der Waals surface area contributed by atoms with Crippen molar-refractivity contribution in [2.24, 2.45) is 0 Å². The topological polar surface area (TPSA) is 20.3 Å². The van der Waals surface area contributed by atoms with Crippen molar-refractivity contribution in [1.29, 1.82) is 0 Å². The predicted octanol–water partition coefficient (Wildman–Crippen LogP) is 4.89. The third-order valence-electron chi connectivity index (χ3n) is 4.40. The normalized spacial score (nSPS) is 21.0. The fraction of sp³-hybridized carbons (Fsp3) is 0.611. The van der Waals surface area contributed by atoms with Gasteiger partial charge in [-0.25, -0.2) is 0 Å². The number of rotatable bonds is 8. The molecule has 2 fully saturated rings. The van der Waals surface area contributed by atoms with Crippen molar-refractivity contribution < 1.29 is 4.79 Å². The molecule has 1 saturated carbocycles. The van der Waals surface area contributed by atoms with Gasteiger partial charge in [-0.05, 0) is 37.7 Å². The lowest BCUT2D eigenvalue weighted by molar-refractivity contribution is -0.132. The van der Waals surface area contributed by atoms with Crippen molar-refractivity contribution in [2.45, 2.75) is 62.8 Å². The van der Waals surface area contributed by atoms with Gasteiger partial charge in [0.1, 0.15) is 0 Å². The highest BCUT2D eigenvalue weighted by atomic mass is 33.1. The first kappa shape index (κ1) is 16.3. The Bertz CT molecular complexity index is 469. The SMILES string of the molecule is O=C(CCCCC1CCSS1)N(Cc1ccccc1)C1CC1. The average molecular weight is 336 g/mol. The number of unbranched alkanes of at least 4 members (excludes halogenated alkanes) is 1. The Morgan fingerprint density at radius 3 is 2.64 bits per heavy atom. The van der Waals surface area contributed by atoms with Gasteiger partial charge in [-0.3, -0.25) is 4.79 Å². The summed E-state index contributed by atoms with van der Waals surface area (Å²) in [7, 11) is 4.05. The standard InChI is InChI=1S/C18H25NOS2/c20-18(9-5-4-8-17-12-13-21-22-17)19(16-10-11-16)14-15-6-2-1-3-7-15/h1-3,6-7,16-17H,4-5,8-14H2. The zero-order valence-electron chi connectivity index (χ0n) is 13.1. The van der Waals surface area contributed by atoms with Crippen molar-refractivity contribution in [3.63, 3.8) is 0 Å². The molecule has 0 bridgehead atoms. The van der Waals surface area contributed by atoms with Gasteiger partial charge in [0, 0.05) is 30.0 Å². The van der Waals surface area contributed by atoms with E-state index in [9.17, 15) is 4.79 Å². The van der Waals surface area contributed by atoms with Crippen LogP contribution < -0.4 is 0 Å². The first-order chi connectivity index (χ1) is 10.8. The molecular weight excluding hydrogens is 310 g/mol. The molecule has 0 aromatic heterocycles. The van der Waals surface area contributed by atoms with Crippen LogP contribution in [0.5, 0.6) is 0 Å². The summed E-state index contributed by atoms with van der Waals surface area (Å²) in [5, 5.41) is 0.837. The molecule has 1 aliphatic carbocycles. The average Bonchev–Trinajstić information content (AvgIpc) is 3.26. The summed E-state index contributed by atoms with van der Waals surface area (Å²) in [6, 6.07) is 10.9. The van der Waals surface area contributed by atoms with Gasteiger partial charge in [0.25, 0.3) is 0 Å². The highest BCUT2D eigenvalue weighted by Crippen LogP contribution is 2.40. The van der Waals surface area contributed by atoms with Crippen molar-refractivity contribution in [3.8, 4) is 0 Å². The molecule has 0 N–H and O–H groups in total. The molecule has 0 radical (unpaired) electrons. The van der Waals surface area contributed by atoms with Crippen LogP contribution in [0.1, 0.15) is 50.5 Å². The van der Waals surface area contributed by atoms with Gasteiger partial charge in [0.15, 0.2) is 0 Å². The predicted molar refractivity (Wildman–Crippen MR) is 96.9 cm³/mol. The van der Waals surface area contributed by atoms with Crippen LogP contribution in [-0.4, -0.2) is 27.9 Å². The number of carbonyl (C=O) groups excluding carboxylic acids is 1. The Labute approximate surface area is 141 Å². The number of nitrogens with zero attached hydrogens (tertiary/aromatic N) is 1. The van der Waals surface area contributed by atoms with Crippen molar-refractivity contribution in [3.05, 3.63) is 35.9 Å². The lowest BCUT2D eigenvalue weighted by Gasteiger charge is -2.22. The minimum absolute atomic E-state index is 0.361. The first-order valence-corrected chi connectivity index (χ1v) is 10.8. The molecule has 120 valence electrons. The molecule has 2 aliphatic rings. The summed E-state index contributed by atoms with van der Waals surface area (Å²) in [6.45, 7) is 0.791. The van der Waals surface area contributed by atoms with E-state index in [0.717, 1.165) is 24.6 Å². The molecule has 3 rings (SSSR count). The summed E-state index contributed by atoms with van der Waals surface area (Å²) in [6.07, 6.45) is 8.00. The van der Waals surface area contributed by atoms with Crippen molar-refractivity contribution >= 4 is 27.5 Å². The van der Waals surface area contributed by atoms with E-state index in [1.165, 1.54) is 43.4 Å². The Morgan fingerprint density at radius 2 is 1.95 bits per heavy atom. The third-order valence-corrected chi connectivity index (χ3v) is 7.40. The second-order valence-corrected chi connectivity index (χ2v) is 9.10. The second kappa shape index (κ2) is 8.30. The fourth-order valence-corrected chi connectivity index (χ4v) is 5.97. The Morgan fingerprint density at radius 1 is 1.14 bits per heavy atom.